The zero-order chi connectivity index (χ0) is 21.1. The van der Waals surface area contributed by atoms with Gasteiger partial charge in [-0.1, -0.05) is 12.1 Å². The van der Waals surface area contributed by atoms with Gasteiger partial charge in [-0.3, -0.25) is 9.69 Å². The molecule has 1 aromatic heterocycles. The molecule has 30 heavy (non-hydrogen) atoms. The Balaban J connectivity index is 1.37. The number of fused-ring (bicyclic) bond motifs is 1. The molecular formula is C23H30N6O. The molecule has 1 amide bonds. The number of aromatic nitrogens is 2. The molecule has 0 atom stereocenters. The van der Waals surface area contributed by atoms with Crippen LogP contribution < -0.4 is 15.6 Å². The largest absolute Gasteiger partial charge is 0.372 e. The third kappa shape index (κ3) is 4.11. The van der Waals surface area contributed by atoms with E-state index >= 15 is 0 Å². The molecule has 3 aromatic rings. The molecule has 0 saturated carbocycles. The van der Waals surface area contributed by atoms with Crippen LogP contribution in [0.4, 0.5) is 5.69 Å². The van der Waals surface area contributed by atoms with E-state index in [1.54, 1.807) is 12.1 Å². The maximum atomic E-state index is 11.4. The second-order valence-corrected chi connectivity index (χ2v) is 7.73. The van der Waals surface area contributed by atoms with E-state index in [0.717, 1.165) is 56.8 Å². The predicted octanol–water partition coefficient (Wildman–Crippen LogP) is 2.44. The predicted molar refractivity (Wildman–Crippen MR) is 121 cm³/mol. The van der Waals surface area contributed by atoms with Crippen molar-refractivity contribution in [2.24, 2.45) is 5.73 Å². The molecule has 1 fully saturated rings. The fourth-order valence-electron chi connectivity index (χ4n) is 4.15. The maximum absolute atomic E-state index is 11.4. The number of carbonyl (C=O) groups is 1. The molecule has 2 heterocycles. The minimum absolute atomic E-state index is 0.426. The van der Waals surface area contributed by atoms with Gasteiger partial charge < -0.3 is 15.6 Å². The average Bonchev–Trinajstić information content (AvgIpc) is 3.19. The van der Waals surface area contributed by atoms with Crippen LogP contribution in [0.3, 0.4) is 0 Å². The van der Waals surface area contributed by atoms with Gasteiger partial charge in [0.15, 0.2) is 0 Å². The summed E-state index contributed by atoms with van der Waals surface area (Å²) in [6.45, 7) is 11.3. The Morgan fingerprint density at radius 3 is 2.37 bits per heavy atom. The lowest BCUT2D eigenvalue weighted by molar-refractivity contribution is 0.100. The molecule has 1 aliphatic heterocycles. The van der Waals surface area contributed by atoms with Crippen molar-refractivity contribution in [1.29, 1.82) is 0 Å². The second-order valence-electron chi connectivity index (χ2n) is 7.73. The van der Waals surface area contributed by atoms with Crippen molar-refractivity contribution >= 4 is 22.6 Å². The van der Waals surface area contributed by atoms with Crippen molar-refractivity contribution < 1.29 is 4.79 Å². The van der Waals surface area contributed by atoms with Crippen molar-refractivity contribution in [1.82, 2.24) is 14.6 Å². The van der Waals surface area contributed by atoms with Crippen LogP contribution in [0.1, 0.15) is 29.8 Å². The highest BCUT2D eigenvalue weighted by Gasteiger charge is 2.19. The van der Waals surface area contributed by atoms with E-state index in [4.69, 9.17) is 5.73 Å². The van der Waals surface area contributed by atoms with Gasteiger partial charge in [0.1, 0.15) is 6.33 Å². The Morgan fingerprint density at radius 2 is 1.73 bits per heavy atom. The van der Waals surface area contributed by atoms with E-state index < -0.39 is 5.91 Å². The van der Waals surface area contributed by atoms with Crippen molar-refractivity contribution in [3.05, 3.63) is 59.9 Å². The number of hydrogen-bond donors (Lipinski definition) is 1. The molecule has 0 aliphatic carbocycles. The monoisotopic (exact) mass is 406 g/mol. The van der Waals surface area contributed by atoms with E-state index in [9.17, 15) is 4.79 Å². The average molecular weight is 407 g/mol. The van der Waals surface area contributed by atoms with E-state index in [2.05, 4.69) is 62.6 Å². The Kier molecular flexibility index (Phi) is 5.90. The number of anilines is 1. The van der Waals surface area contributed by atoms with Gasteiger partial charge in [-0.05, 0) is 49.7 Å². The molecule has 7 heteroatoms. The summed E-state index contributed by atoms with van der Waals surface area (Å²) in [4.78, 5) is 20.7. The van der Waals surface area contributed by atoms with Crippen molar-refractivity contribution in [2.45, 2.75) is 20.4 Å². The number of piperazine rings is 1. The summed E-state index contributed by atoms with van der Waals surface area (Å²) < 4.78 is 2.09. The molecule has 1 aliphatic rings. The number of rotatable bonds is 7. The zero-order valence-electron chi connectivity index (χ0n) is 17.8. The number of carbonyl (C=O) groups excluding carboxylic acids is 1. The lowest BCUT2D eigenvalue weighted by Gasteiger charge is -2.36. The number of amides is 1. The summed E-state index contributed by atoms with van der Waals surface area (Å²) in [5.41, 5.74) is 10.3. The quantitative estimate of drug-likeness (QED) is 0.653. The number of nitrogens with two attached hydrogens (primary N) is 1. The Labute approximate surface area is 177 Å². The molecular weight excluding hydrogens is 376 g/mol. The van der Waals surface area contributed by atoms with Gasteiger partial charge in [0, 0.05) is 57.1 Å². The zero-order valence-corrected chi connectivity index (χ0v) is 17.8. The second kappa shape index (κ2) is 8.75. The Hall–Kier alpha value is -3.06. The molecule has 2 N–H and O–H groups in total. The minimum Gasteiger partial charge on any atom is -0.372 e. The highest BCUT2D eigenvalue weighted by Crippen LogP contribution is 2.18. The van der Waals surface area contributed by atoms with Crippen LogP contribution >= 0.6 is 0 Å². The summed E-state index contributed by atoms with van der Waals surface area (Å²) in [7, 11) is 0. The van der Waals surface area contributed by atoms with Crippen LogP contribution in [0.5, 0.6) is 0 Å². The van der Waals surface area contributed by atoms with E-state index in [-0.39, 0.29) is 0 Å². The Bertz CT molecular complexity index is 1000. The highest BCUT2D eigenvalue weighted by atomic mass is 16.1. The summed E-state index contributed by atoms with van der Waals surface area (Å²) in [6, 6.07) is 14.4. The lowest BCUT2D eigenvalue weighted by atomic mass is 10.1. The number of imidazole rings is 1. The third-order valence-electron chi connectivity index (χ3n) is 5.94. The third-order valence-corrected chi connectivity index (χ3v) is 5.94. The number of nitrogens with zero attached hydrogens (tertiary/aromatic N) is 5. The van der Waals surface area contributed by atoms with Crippen LogP contribution in [0.25, 0.3) is 11.0 Å². The first-order valence-electron chi connectivity index (χ1n) is 10.7. The van der Waals surface area contributed by atoms with Gasteiger partial charge >= 0.3 is 0 Å². The maximum Gasteiger partial charge on any atom is 0.248 e. The summed E-state index contributed by atoms with van der Waals surface area (Å²) in [5, 5.41) is 2.30. The molecule has 158 valence electrons. The topological polar surface area (TPSA) is 70.6 Å². The molecule has 0 bridgehead atoms. The number of benzene rings is 2. The first kappa shape index (κ1) is 20.2. The minimum atomic E-state index is -0.426. The molecule has 2 aromatic carbocycles. The number of primary amides is 1. The van der Waals surface area contributed by atoms with Crippen molar-refractivity contribution in [3.8, 4) is 0 Å². The van der Waals surface area contributed by atoms with Crippen LogP contribution in [-0.2, 0) is 6.54 Å². The number of hydrogen-bond acceptors (Lipinski definition) is 5. The van der Waals surface area contributed by atoms with Crippen LogP contribution in [0.2, 0.25) is 0 Å². The van der Waals surface area contributed by atoms with Gasteiger partial charge in [0.2, 0.25) is 5.91 Å². The molecule has 0 unspecified atom stereocenters. The standard InChI is InChI=1S/C23H30N6O/c1-3-27(4-2)20-8-5-18(6-9-20)16-26-11-13-28(14-12-26)29-17-25-21-15-19(23(24)30)7-10-22(21)29/h5-10,15,17H,3-4,11-14,16H2,1-2H3,(H2,24,30). The van der Waals surface area contributed by atoms with E-state index in [1.807, 2.05) is 12.4 Å². The normalized spacial score (nSPS) is 14.9. The first-order chi connectivity index (χ1) is 14.6. The Morgan fingerprint density at radius 1 is 1.03 bits per heavy atom. The molecule has 4 rings (SSSR count). The molecule has 7 nitrogen and oxygen atoms in total. The van der Waals surface area contributed by atoms with Crippen LogP contribution in [0, 0.1) is 0 Å². The fraction of sp³-hybridized carbons (Fsp3) is 0.391. The SMILES string of the molecule is CCN(CC)c1ccc(CN2CCN(n3cnc4cc(C(N)=O)ccc43)CC2)cc1. The fourth-order valence-corrected chi connectivity index (χ4v) is 4.15. The van der Waals surface area contributed by atoms with Gasteiger partial charge in [-0.15, -0.1) is 0 Å². The molecule has 0 spiro atoms. The first-order valence-corrected chi connectivity index (χ1v) is 10.7. The van der Waals surface area contributed by atoms with E-state index in [1.165, 1.54) is 11.3 Å². The summed E-state index contributed by atoms with van der Waals surface area (Å²) >= 11 is 0. The smallest absolute Gasteiger partial charge is 0.248 e. The van der Waals surface area contributed by atoms with Crippen molar-refractivity contribution in [3.63, 3.8) is 0 Å². The summed E-state index contributed by atoms with van der Waals surface area (Å²) in [6.07, 6.45) is 1.83. The van der Waals surface area contributed by atoms with Gasteiger partial charge in [0.25, 0.3) is 0 Å². The van der Waals surface area contributed by atoms with Crippen molar-refractivity contribution in [2.75, 3.05) is 49.2 Å². The van der Waals surface area contributed by atoms with Gasteiger partial charge in [0.05, 0.1) is 11.0 Å². The van der Waals surface area contributed by atoms with Gasteiger partial charge in [-0.25, -0.2) is 9.66 Å². The van der Waals surface area contributed by atoms with Gasteiger partial charge in [-0.2, -0.15) is 0 Å². The van der Waals surface area contributed by atoms with Crippen LogP contribution in [-0.4, -0.2) is 59.7 Å². The van der Waals surface area contributed by atoms with Crippen LogP contribution in [0.15, 0.2) is 48.8 Å². The lowest BCUT2D eigenvalue weighted by Crippen LogP contribution is -2.50. The highest BCUT2D eigenvalue weighted by molar-refractivity contribution is 5.96. The summed E-state index contributed by atoms with van der Waals surface area (Å²) in [5.74, 6) is -0.426. The molecule has 0 radical (unpaired) electrons. The molecule has 1 saturated heterocycles. The van der Waals surface area contributed by atoms with E-state index in [0.29, 0.717) is 5.56 Å².